The zero-order valence-electron chi connectivity index (χ0n) is 27.3. The van der Waals surface area contributed by atoms with Gasteiger partial charge in [0, 0.05) is 34.5 Å². The summed E-state index contributed by atoms with van der Waals surface area (Å²) in [6, 6.07) is 51.1. The van der Waals surface area contributed by atoms with Crippen LogP contribution in [0.5, 0.6) is 0 Å². The zero-order chi connectivity index (χ0) is 33.0. The molecule has 0 aliphatic heterocycles. The van der Waals surface area contributed by atoms with Crippen molar-refractivity contribution < 1.29 is 0 Å². The summed E-state index contributed by atoms with van der Waals surface area (Å²) >= 11 is 0. The average molecular weight is 629 g/mol. The van der Waals surface area contributed by atoms with Crippen molar-refractivity contribution in [2.24, 2.45) is 0 Å². The van der Waals surface area contributed by atoms with Gasteiger partial charge in [0.05, 0.1) is 0 Å². The first kappa shape index (κ1) is 28.9. The van der Waals surface area contributed by atoms with E-state index in [9.17, 15) is 0 Å². The lowest BCUT2D eigenvalue weighted by atomic mass is 9.80. The fourth-order valence-electron chi connectivity index (χ4n) is 7.38. The van der Waals surface area contributed by atoms with Gasteiger partial charge in [0.1, 0.15) is 0 Å². The molecule has 1 aliphatic carbocycles. The Morgan fingerprint density at radius 3 is 1.71 bits per heavy atom. The molecule has 0 bridgehead atoms. The molecule has 4 heteroatoms. The van der Waals surface area contributed by atoms with Crippen LogP contribution in [0.2, 0.25) is 0 Å². The first-order valence-corrected chi connectivity index (χ1v) is 16.6. The lowest BCUT2D eigenvalue weighted by Gasteiger charge is -2.23. The van der Waals surface area contributed by atoms with E-state index in [0.29, 0.717) is 17.5 Å². The van der Waals surface area contributed by atoms with Crippen LogP contribution in [0.15, 0.2) is 158 Å². The van der Waals surface area contributed by atoms with Gasteiger partial charge in [0.15, 0.2) is 17.5 Å². The third-order valence-electron chi connectivity index (χ3n) is 9.83. The average Bonchev–Trinajstić information content (AvgIpc) is 3.42. The van der Waals surface area contributed by atoms with Crippen LogP contribution in [0.3, 0.4) is 0 Å². The molecule has 0 atom stereocenters. The number of aromatic nitrogens is 4. The number of benzene rings is 6. The molecule has 2 aromatic heterocycles. The summed E-state index contributed by atoms with van der Waals surface area (Å²) in [6.07, 6.45) is 3.67. The molecule has 0 N–H and O–H groups in total. The van der Waals surface area contributed by atoms with Crippen molar-refractivity contribution in [2.45, 2.75) is 19.3 Å². The van der Waals surface area contributed by atoms with Crippen LogP contribution in [0.1, 0.15) is 25.0 Å². The van der Waals surface area contributed by atoms with Crippen LogP contribution in [0.4, 0.5) is 0 Å². The normalized spacial score (nSPS) is 12.9. The largest absolute Gasteiger partial charge is 0.264 e. The van der Waals surface area contributed by atoms with Gasteiger partial charge in [0.2, 0.25) is 0 Å². The predicted octanol–water partition coefficient (Wildman–Crippen LogP) is 11.1. The summed E-state index contributed by atoms with van der Waals surface area (Å²) in [4.78, 5) is 19.8. The molecule has 0 spiro atoms. The van der Waals surface area contributed by atoms with Crippen molar-refractivity contribution in [3.8, 4) is 67.5 Å². The van der Waals surface area contributed by atoms with E-state index in [4.69, 9.17) is 15.0 Å². The third kappa shape index (κ3) is 4.92. The van der Waals surface area contributed by atoms with Gasteiger partial charge in [-0.3, -0.25) is 4.98 Å². The smallest absolute Gasteiger partial charge is 0.164 e. The van der Waals surface area contributed by atoms with Crippen molar-refractivity contribution >= 4 is 10.8 Å². The van der Waals surface area contributed by atoms with E-state index >= 15 is 0 Å². The van der Waals surface area contributed by atoms with E-state index in [1.807, 2.05) is 18.3 Å². The number of pyridine rings is 1. The van der Waals surface area contributed by atoms with Crippen LogP contribution in [-0.4, -0.2) is 19.9 Å². The molecular formula is C45H32N4. The maximum absolute atomic E-state index is 5.20. The maximum Gasteiger partial charge on any atom is 0.164 e. The summed E-state index contributed by atoms with van der Waals surface area (Å²) in [5.41, 5.74) is 12.3. The number of hydrogen-bond donors (Lipinski definition) is 0. The molecule has 0 fully saturated rings. The van der Waals surface area contributed by atoms with Crippen LogP contribution >= 0.6 is 0 Å². The SMILES string of the molecule is CC1(C)c2cccc(-c3nc(-c4ccc(-c5ccccc5)cc4)nc(-c4ccc(-c5cccnc5)cc4)n3)c2-c2ccc3ccccc3c21. The summed E-state index contributed by atoms with van der Waals surface area (Å²) in [7, 11) is 0. The highest BCUT2D eigenvalue weighted by Gasteiger charge is 2.38. The second kappa shape index (κ2) is 11.5. The Hall–Kier alpha value is -6.26. The van der Waals surface area contributed by atoms with E-state index in [1.54, 1.807) is 6.20 Å². The van der Waals surface area contributed by atoms with Gasteiger partial charge in [-0.2, -0.15) is 0 Å². The topological polar surface area (TPSA) is 51.6 Å². The number of nitrogens with zero attached hydrogens (tertiary/aromatic N) is 4. The van der Waals surface area contributed by atoms with Crippen molar-refractivity contribution in [2.75, 3.05) is 0 Å². The van der Waals surface area contributed by atoms with Gasteiger partial charge in [-0.15, -0.1) is 0 Å². The minimum Gasteiger partial charge on any atom is -0.264 e. The van der Waals surface area contributed by atoms with Crippen molar-refractivity contribution in [1.29, 1.82) is 0 Å². The zero-order valence-corrected chi connectivity index (χ0v) is 27.3. The summed E-state index contributed by atoms with van der Waals surface area (Å²) in [5.74, 6) is 1.94. The number of fused-ring (bicyclic) bond motifs is 5. The first-order valence-electron chi connectivity index (χ1n) is 16.6. The van der Waals surface area contributed by atoms with E-state index in [-0.39, 0.29) is 5.41 Å². The summed E-state index contributed by atoms with van der Waals surface area (Å²) in [6.45, 7) is 4.66. The monoisotopic (exact) mass is 628 g/mol. The van der Waals surface area contributed by atoms with Crippen molar-refractivity contribution in [3.05, 3.63) is 169 Å². The Bertz CT molecular complexity index is 2380. The third-order valence-corrected chi connectivity index (χ3v) is 9.83. The predicted molar refractivity (Wildman–Crippen MR) is 200 cm³/mol. The molecule has 1 aliphatic rings. The van der Waals surface area contributed by atoms with Gasteiger partial charge < -0.3 is 0 Å². The minimum atomic E-state index is -0.185. The fourth-order valence-corrected chi connectivity index (χ4v) is 7.38. The molecule has 0 unspecified atom stereocenters. The Balaban J connectivity index is 1.22. The van der Waals surface area contributed by atoms with Gasteiger partial charge in [-0.05, 0) is 61.3 Å². The highest BCUT2D eigenvalue weighted by Crippen LogP contribution is 2.54. The lowest BCUT2D eigenvalue weighted by Crippen LogP contribution is -2.15. The van der Waals surface area contributed by atoms with Crippen LogP contribution < -0.4 is 0 Å². The molecule has 0 saturated heterocycles. The molecule has 0 radical (unpaired) electrons. The Kier molecular flexibility index (Phi) is 6.77. The van der Waals surface area contributed by atoms with Gasteiger partial charge in [-0.25, -0.2) is 15.0 Å². The Morgan fingerprint density at radius 1 is 0.429 bits per heavy atom. The van der Waals surface area contributed by atoms with Crippen molar-refractivity contribution in [1.82, 2.24) is 19.9 Å². The highest BCUT2D eigenvalue weighted by molar-refractivity contribution is 6.01. The van der Waals surface area contributed by atoms with E-state index < -0.39 is 0 Å². The maximum atomic E-state index is 5.20. The molecule has 6 aromatic carbocycles. The Morgan fingerprint density at radius 2 is 1.02 bits per heavy atom. The fraction of sp³-hybridized carbons (Fsp3) is 0.0667. The van der Waals surface area contributed by atoms with Gasteiger partial charge in [-0.1, -0.05) is 153 Å². The molecule has 0 amide bonds. The van der Waals surface area contributed by atoms with Gasteiger partial charge >= 0.3 is 0 Å². The van der Waals surface area contributed by atoms with Crippen LogP contribution in [-0.2, 0) is 5.41 Å². The van der Waals surface area contributed by atoms with E-state index in [1.165, 1.54) is 38.6 Å². The standard InChI is InChI=1S/C45H32N4/c1-45(2)39-16-8-15-38(40(39)37-26-25-32-12-6-7-14-36(32)41(37)45)44-48-42(33-21-17-30(18-22-33)29-10-4-3-5-11-29)47-43(49-44)34-23-19-31(20-24-34)35-13-9-27-46-28-35/h3-28H,1-2H3. The molecule has 0 saturated carbocycles. The first-order chi connectivity index (χ1) is 24.0. The van der Waals surface area contributed by atoms with Crippen LogP contribution in [0.25, 0.3) is 78.3 Å². The molecular weight excluding hydrogens is 597 g/mol. The molecule has 9 rings (SSSR count). The minimum absolute atomic E-state index is 0.185. The quantitative estimate of drug-likeness (QED) is 0.190. The second-order valence-corrected chi connectivity index (χ2v) is 13.1. The molecule has 49 heavy (non-hydrogen) atoms. The second-order valence-electron chi connectivity index (χ2n) is 13.1. The van der Waals surface area contributed by atoms with Gasteiger partial charge in [0.25, 0.3) is 0 Å². The summed E-state index contributed by atoms with van der Waals surface area (Å²) < 4.78 is 0. The Labute approximate surface area is 285 Å². The van der Waals surface area contributed by atoms with E-state index in [0.717, 1.165) is 33.4 Å². The highest BCUT2D eigenvalue weighted by atomic mass is 15.0. The number of hydrogen-bond acceptors (Lipinski definition) is 4. The van der Waals surface area contributed by atoms with Crippen molar-refractivity contribution in [3.63, 3.8) is 0 Å². The summed E-state index contributed by atoms with van der Waals surface area (Å²) in [5, 5.41) is 2.54. The lowest BCUT2D eigenvalue weighted by molar-refractivity contribution is 0.666. The molecule has 2 heterocycles. The van der Waals surface area contributed by atoms with Crippen LogP contribution in [0, 0.1) is 0 Å². The molecule has 232 valence electrons. The molecule has 8 aromatic rings. The van der Waals surface area contributed by atoms with E-state index in [2.05, 4.69) is 152 Å². The number of rotatable bonds is 5. The molecule has 4 nitrogen and oxygen atoms in total.